The number of para-hydroxylation sites is 1. The van der Waals surface area contributed by atoms with Gasteiger partial charge in [0.15, 0.2) is 0 Å². The van der Waals surface area contributed by atoms with Gasteiger partial charge in [0.05, 0.1) is 11.4 Å². The van der Waals surface area contributed by atoms with Gasteiger partial charge in [-0.25, -0.2) is 4.68 Å². The molecular weight excluding hydrogens is 522 g/mol. The fraction of sp³-hybridized carbons (Fsp3) is 0.0625. The number of carbonyl (C=O) groups is 1. The summed E-state index contributed by atoms with van der Waals surface area (Å²) in [5, 5.41) is 18.0. The van der Waals surface area contributed by atoms with Gasteiger partial charge in [-0.1, -0.05) is 54.1 Å². The first-order chi connectivity index (χ1) is 19.6. The molecule has 1 N–H and O–H groups in total. The molecule has 0 atom stereocenters. The lowest BCUT2D eigenvalue weighted by Crippen LogP contribution is -2.24. The Bertz CT molecular complexity index is 1670. The number of rotatable bonds is 9. The molecule has 5 aromatic rings. The van der Waals surface area contributed by atoms with Crippen LogP contribution in [0.25, 0.3) is 23.0 Å². The van der Waals surface area contributed by atoms with Crippen LogP contribution in [0.5, 0.6) is 5.75 Å². The van der Waals surface area contributed by atoms with Gasteiger partial charge in [0.25, 0.3) is 5.91 Å². The zero-order chi connectivity index (χ0) is 27.7. The van der Waals surface area contributed by atoms with Gasteiger partial charge in [-0.2, -0.15) is 10.4 Å². The number of nitrogens with zero attached hydrogens (tertiary/aromatic N) is 4. The summed E-state index contributed by atoms with van der Waals surface area (Å²) in [5.41, 5.74) is 4.60. The summed E-state index contributed by atoms with van der Waals surface area (Å²) in [7, 11) is 0. The quantitative estimate of drug-likeness (QED) is 0.171. The molecule has 0 aliphatic carbocycles. The highest BCUT2D eigenvalue weighted by Crippen LogP contribution is 2.28. The molecule has 0 bridgehead atoms. The average molecular weight is 546 g/mol. The third-order valence-electron chi connectivity index (χ3n) is 6.08. The van der Waals surface area contributed by atoms with E-state index in [9.17, 15) is 10.1 Å². The highest BCUT2D eigenvalue weighted by molar-refractivity contribution is 6.31. The molecule has 196 valence electrons. The maximum atomic E-state index is 12.9. The number of benzene rings is 3. The molecule has 0 saturated carbocycles. The molecule has 1 amide bonds. The van der Waals surface area contributed by atoms with Crippen LogP contribution in [0.4, 0.5) is 0 Å². The van der Waals surface area contributed by atoms with Gasteiger partial charge in [0, 0.05) is 46.8 Å². The normalized spacial score (nSPS) is 11.1. The predicted octanol–water partition coefficient (Wildman–Crippen LogP) is 6.39. The lowest BCUT2D eigenvalue weighted by molar-refractivity contribution is -0.117. The van der Waals surface area contributed by atoms with E-state index in [1.807, 2.05) is 91.0 Å². The summed E-state index contributed by atoms with van der Waals surface area (Å²) >= 11 is 6.24. The molecule has 5 rings (SSSR count). The number of amides is 1. The third kappa shape index (κ3) is 6.44. The van der Waals surface area contributed by atoms with Crippen molar-refractivity contribution in [3.8, 4) is 28.8 Å². The van der Waals surface area contributed by atoms with Gasteiger partial charge in [0.2, 0.25) is 0 Å². The van der Waals surface area contributed by atoms with E-state index in [-0.39, 0.29) is 12.1 Å². The van der Waals surface area contributed by atoms with E-state index in [2.05, 4.69) is 10.3 Å². The molecule has 3 aromatic carbocycles. The number of hydrogen-bond donors (Lipinski definition) is 1. The van der Waals surface area contributed by atoms with Crippen LogP contribution >= 0.6 is 11.6 Å². The predicted molar refractivity (Wildman–Crippen MR) is 154 cm³/mol. The summed E-state index contributed by atoms with van der Waals surface area (Å²) in [6.07, 6.45) is 6.69. The van der Waals surface area contributed by atoms with Crippen LogP contribution in [-0.4, -0.2) is 20.7 Å². The summed E-state index contributed by atoms with van der Waals surface area (Å²) < 4.78 is 7.65. The largest absolute Gasteiger partial charge is 0.489 e. The highest BCUT2D eigenvalue weighted by Gasteiger charge is 2.15. The lowest BCUT2D eigenvalue weighted by Gasteiger charge is -2.08. The number of nitriles is 1. The maximum Gasteiger partial charge on any atom is 0.262 e. The van der Waals surface area contributed by atoms with Gasteiger partial charge in [-0.05, 0) is 60.2 Å². The minimum Gasteiger partial charge on any atom is -0.489 e. The zero-order valence-electron chi connectivity index (χ0n) is 21.4. The summed E-state index contributed by atoms with van der Waals surface area (Å²) in [5.74, 6) is 0.198. The van der Waals surface area contributed by atoms with Crippen LogP contribution in [0, 0.1) is 11.3 Å². The molecule has 2 heterocycles. The fourth-order valence-corrected chi connectivity index (χ4v) is 4.19. The summed E-state index contributed by atoms with van der Waals surface area (Å²) in [4.78, 5) is 16.9. The Morgan fingerprint density at radius 3 is 2.50 bits per heavy atom. The van der Waals surface area contributed by atoms with E-state index >= 15 is 0 Å². The first-order valence-corrected chi connectivity index (χ1v) is 12.9. The van der Waals surface area contributed by atoms with Gasteiger partial charge < -0.3 is 10.1 Å². The molecular formula is C32H24ClN5O2. The molecule has 7 nitrogen and oxygen atoms in total. The Morgan fingerprint density at radius 1 is 1.00 bits per heavy atom. The molecule has 0 spiro atoms. The Labute approximate surface area is 237 Å². The number of aromatic nitrogens is 3. The van der Waals surface area contributed by atoms with Crippen LogP contribution in [0.1, 0.15) is 16.7 Å². The van der Waals surface area contributed by atoms with Crippen molar-refractivity contribution >= 4 is 23.6 Å². The van der Waals surface area contributed by atoms with E-state index in [4.69, 9.17) is 21.4 Å². The summed E-state index contributed by atoms with van der Waals surface area (Å²) in [6, 6.07) is 30.3. The number of nitrogens with one attached hydrogen (secondary N) is 1. The first-order valence-electron chi connectivity index (χ1n) is 12.5. The van der Waals surface area contributed by atoms with Crippen LogP contribution in [0.15, 0.2) is 115 Å². The van der Waals surface area contributed by atoms with Gasteiger partial charge >= 0.3 is 0 Å². The first kappa shape index (κ1) is 26.4. The van der Waals surface area contributed by atoms with Crippen molar-refractivity contribution in [2.75, 3.05) is 0 Å². The standard InChI is InChI=1S/C32H24ClN5O2/c33-30-11-5-4-8-25(30)22-40-29-14-12-24(13-15-29)31-27(21-38(37-31)28-9-2-1-3-10-28)17-26(18-34)32(39)36-20-23-7-6-16-35-19-23/h1-17,19,21H,20,22H2,(H,36,39)/b26-17+. The van der Waals surface area contributed by atoms with Crippen LogP contribution in [-0.2, 0) is 17.9 Å². The number of ether oxygens (including phenoxy) is 1. The molecule has 0 unspecified atom stereocenters. The molecule has 8 heteroatoms. The van der Waals surface area contributed by atoms with Crippen molar-refractivity contribution in [3.05, 3.63) is 137 Å². The lowest BCUT2D eigenvalue weighted by atomic mass is 10.1. The van der Waals surface area contributed by atoms with Crippen molar-refractivity contribution < 1.29 is 9.53 Å². The molecule has 0 aliphatic rings. The molecule has 0 radical (unpaired) electrons. The van der Waals surface area contributed by atoms with Crippen molar-refractivity contribution in [1.82, 2.24) is 20.1 Å². The Balaban J connectivity index is 1.41. The van der Waals surface area contributed by atoms with Crippen molar-refractivity contribution in [2.24, 2.45) is 0 Å². The van der Waals surface area contributed by atoms with Crippen molar-refractivity contribution in [1.29, 1.82) is 5.26 Å². The number of hydrogen-bond acceptors (Lipinski definition) is 5. The molecule has 0 aliphatic heterocycles. The van der Waals surface area contributed by atoms with E-state index in [1.54, 1.807) is 35.4 Å². The number of pyridine rings is 1. The maximum absolute atomic E-state index is 12.9. The second-order valence-corrected chi connectivity index (χ2v) is 9.24. The van der Waals surface area contributed by atoms with Crippen LogP contribution in [0.3, 0.4) is 0 Å². The molecule has 2 aromatic heterocycles. The minimum atomic E-state index is -0.479. The van der Waals surface area contributed by atoms with E-state index in [1.165, 1.54) is 0 Å². The van der Waals surface area contributed by atoms with E-state index < -0.39 is 5.91 Å². The summed E-state index contributed by atoms with van der Waals surface area (Å²) in [6.45, 7) is 0.604. The van der Waals surface area contributed by atoms with Crippen molar-refractivity contribution in [3.63, 3.8) is 0 Å². The smallest absolute Gasteiger partial charge is 0.262 e. The minimum absolute atomic E-state index is 0.0301. The Morgan fingerprint density at radius 2 is 1.77 bits per heavy atom. The van der Waals surface area contributed by atoms with E-state index in [0.717, 1.165) is 22.4 Å². The second-order valence-electron chi connectivity index (χ2n) is 8.83. The Kier molecular flexibility index (Phi) is 8.30. The van der Waals surface area contributed by atoms with Gasteiger partial charge in [-0.3, -0.25) is 9.78 Å². The van der Waals surface area contributed by atoms with Crippen LogP contribution in [0.2, 0.25) is 5.02 Å². The average Bonchev–Trinajstić information content (AvgIpc) is 3.43. The fourth-order valence-electron chi connectivity index (χ4n) is 4.00. The monoisotopic (exact) mass is 545 g/mol. The Hall–Kier alpha value is -5.19. The van der Waals surface area contributed by atoms with Gasteiger partial charge in [0.1, 0.15) is 24.0 Å². The molecule has 40 heavy (non-hydrogen) atoms. The second kappa shape index (κ2) is 12.6. The topological polar surface area (TPSA) is 92.8 Å². The SMILES string of the molecule is N#C/C(=C\c1cn(-c2ccccc2)nc1-c1ccc(OCc2ccccc2Cl)cc1)C(=O)NCc1cccnc1. The number of halogens is 1. The van der Waals surface area contributed by atoms with Gasteiger partial charge in [-0.15, -0.1) is 0 Å². The van der Waals surface area contributed by atoms with E-state index in [0.29, 0.717) is 28.6 Å². The van der Waals surface area contributed by atoms with Crippen LogP contribution < -0.4 is 10.1 Å². The number of carbonyl (C=O) groups excluding carboxylic acids is 1. The van der Waals surface area contributed by atoms with Crippen molar-refractivity contribution in [2.45, 2.75) is 13.2 Å². The molecule has 0 fully saturated rings. The highest BCUT2D eigenvalue weighted by atomic mass is 35.5. The zero-order valence-corrected chi connectivity index (χ0v) is 22.1. The third-order valence-corrected chi connectivity index (χ3v) is 6.45. The molecule has 0 saturated heterocycles.